The summed E-state index contributed by atoms with van der Waals surface area (Å²) < 4.78 is 6.00. The van der Waals surface area contributed by atoms with Gasteiger partial charge >= 0.3 is 0 Å². The molecule has 6 heteroatoms. The monoisotopic (exact) mass is 374 g/mol. The smallest absolute Gasteiger partial charge is 0.163 e. The summed E-state index contributed by atoms with van der Waals surface area (Å²) in [4.78, 5) is 16.3. The molecule has 0 spiro atoms. The van der Waals surface area contributed by atoms with Crippen LogP contribution in [0.5, 0.6) is 5.75 Å². The van der Waals surface area contributed by atoms with Gasteiger partial charge in [-0.1, -0.05) is 12.1 Å². The van der Waals surface area contributed by atoms with Crippen LogP contribution in [0.3, 0.4) is 0 Å². The lowest BCUT2D eigenvalue weighted by Crippen LogP contribution is -2.39. The van der Waals surface area contributed by atoms with Crippen LogP contribution < -0.4 is 4.90 Å². The van der Waals surface area contributed by atoms with Crippen LogP contribution in [0.1, 0.15) is 29.3 Å². The van der Waals surface area contributed by atoms with Gasteiger partial charge in [-0.3, -0.25) is 4.98 Å². The second-order valence-corrected chi connectivity index (χ2v) is 7.29. The average molecular weight is 374 g/mol. The third-order valence-corrected chi connectivity index (χ3v) is 5.44. The predicted octanol–water partition coefficient (Wildman–Crippen LogP) is 3.31. The SMILES string of the molecule is Oc1cccc(C2CN(c3nc(-c4cccnc4)nc4c3CCC4)CCO2)c1. The first-order valence-corrected chi connectivity index (χ1v) is 9.73. The third-order valence-electron chi connectivity index (χ3n) is 5.44. The molecule has 0 bridgehead atoms. The van der Waals surface area contributed by atoms with Gasteiger partial charge in [-0.15, -0.1) is 0 Å². The molecular weight excluding hydrogens is 352 g/mol. The fraction of sp³-hybridized carbons (Fsp3) is 0.318. The number of fused-ring (bicyclic) bond motifs is 1. The number of morpholine rings is 1. The Morgan fingerprint density at radius 1 is 1.11 bits per heavy atom. The molecule has 1 unspecified atom stereocenters. The predicted molar refractivity (Wildman–Crippen MR) is 106 cm³/mol. The zero-order valence-electron chi connectivity index (χ0n) is 15.6. The number of benzene rings is 1. The molecule has 1 atom stereocenters. The number of aromatic nitrogens is 3. The van der Waals surface area contributed by atoms with Crippen LogP contribution >= 0.6 is 0 Å². The van der Waals surface area contributed by atoms with Crippen molar-refractivity contribution in [1.29, 1.82) is 0 Å². The Kier molecular flexibility index (Phi) is 4.41. The van der Waals surface area contributed by atoms with Crippen molar-refractivity contribution in [2.75, 3.05) is 24.6 Å². The fourth-order valence-electron chi connectivity index (χ4n) is 4.07. The molecule has 1 fully saturated rings. The van der Waals surface area contributed by atoms with Crippen LogP contribution in [-0.2, 0) is 17.6 Å². The van der Waals surface area contributed by atoms with Gasteiger partial charge in [0.15, 0.2) is 5.82 Å². The molecule has 1 aromatic carbocycles. The van der Waals surface area contributed by atoms with E-state index < -0.39 is 0 Å². The average Bonchev–Trinajstić information content (AvgIpc) is 3.22. The molecule has 2 aromatic heterocycles. The van der Waals surface area contributed by atoms with Crippen molar-refractivity contribution in [1.82, 2.24) is 15.0 Å². The van der Waals surface area contributed by atoms with E-state index in [1.54, 1.807) is 18.3 Å². The molecule has 2 aliphatic rings. The number of aromatic hydroxyl groups is 1. The van der Waals surface area contributed by atoms with Crippen molar-refractivity contribution < 1.29 is 9.84 Å². The number of nitrogens with zero attached hydrogens (tertiary/aromatic N) is 4. The van der Waals surface area contributed by atoms with Crippen LogP contribution in [0.25, 0.3) is 11.4 Å². The molecule has 142 valence electrons. The van der Waals surface area contributed by atoms with Crippen molar-refractivity contribution in [2.24, 2.45) is 0 Å². The van der Waals surface area contributed by atoms with E-state index in [0.29, 0.717) is 13.2 Å². The van der Waals surface area contributed by atoms with Gasteiger partial charge < -0.3 is 14.7 Å². The van der Waals surface area contributed by atoms with Gasteiger partial charge in [0.25, 0.3) is 0 Å². The van der Waals surface area contributed by atoms with Crippen LogP contribution in [0.4, 0.5) is 5.82 Å². The van der Waals surface area contributed by atoms with Gasteiger partial charge in [0.2, 0.25) is 0 Å². The number of phenolic OH excluding ortho intramolecular Hbond substituents is 1. The number of aryl methyl sites for hydroxylation is 1. The first kappa shape index (κ1) is 17.1. The second-order valence-electron chi connectivity index (χ2n) is 7.29. The van der Waals surface area contributed by atoms with Crippen LogP contribution in [0, 0.1) is 0 Å². The number of pyridine rings is 1. The van der Waals surface area contributed by atoms with E-state index >= 15 is 0 Å². The van der Waals surface area contributed by atoms with Crippen molar-refractivity contribution in [3.63, 3.8) is 0 Å². The summed E-state index contributed by atoms with van der Waals surface area (Å²) in [5.41, 5.74) is 4.35. The summed E-state index contributed by atoms with van der Waals surface area (Å²) in [6.45, 7) is 2.13. The zero-order chi connectivity index (χ0) is 18.9. The number of anilines is 1. The molecule has 1 saturated heterocycles. The highest BCUT2D eigenvalue weighted by Gasteiger charge is 2.28. The molecule has 28 heavy (non-hydrogen) atoms. The fourth-order valence-corrected chi connectivity index (χ4v) is 4.07. The van der Waals surface area contributed by atoms with Gasteiger partial charge in [0, 0.05) is 42.3 Å². The topological polar surface area (TPSA) is 71.4 Å². The first-order valence-electron chi connectivity index (χ1n) is 9.73. The minimum absolute atomic E-state index is 0.0882. The molecule has 1 aliphatic carbocycles. The lowest BCUT2D eigenvalue weighted by molar-refractivity contribution is 0.0393. The Balaban J connectivity index is 1.51. The highest BCUT2D eigenvalue weighted by Crippen LogP contribution is 2.34. The largest absolute Gasteiger partial charge is 0.508 e. The van der Waals surface area contributed by atoms with Gasteiger partial charge in [0.05, 0.1) is 6.61 Å². The molecule has 1 N–H and O–H groups in total. The van der Waals surface area contributed by atoms with E-state index in [4.69, 9.17) is 14.7 Å². The minimum Gasteiger partial charge on any atom is -0.508 e. The number of hydrogen-bond acceptors (Lipinski definition) is 6. The quantitative estimate of drug-likeness (QED) is 0.758. The molecule has 0 radical (unpaired) electrons. The van der Waals surface area contributed by atoms with Crippen molar-refractivity contribution in [3.8, 4) is 17.1 Å². The van der Waals surface area contributed by atoms with Crippen LogP contribution in [-0.4, -0.2) is 39.8 Å². The Bertz CT molecular complexity index is 993. The number of ether oxygens (including phenoxy) is 1. The molecule has 1 aliphatic heterocycles. The number of phenols is 1. The molecule has 6 nitrogen and oxygen atoms in total. The maximum atomic E-state index is 9.82. The van der Waals surface area contributed by atoms with Crippen LogP contribution in [0.15, 0.2) is 48.8 Å². The molecule has 3 aromatic rings. The van der Waals surface area contributed by atoms with Gasteiger partial charge in [-0.25, -0.2) is 9.97 Å². The standard InChI is InChI=1S/C22H22N4O2/c27-17-6-1-4-15(12-17)20-14-26(10-11-28-20)22-18-7-2-8-19(18)24-21(25-22)16-5-3-9-23-13-16/h1,3-6,9,12-13,20,27H,2,7-8,10-11,14H2. The summed E-state index contributed by atoms with van der Waals surface area (Å²) >= 11 is 0. The molecule has 5 rings (SSSR count). The minimum atomic E-state index is -0.0882. The third kappa shape index (κ3) is 3.20. The van der Waals surface area contributed by atoms with E-state index in [1.807, 2.05) is 30.5 Å². The lowest BCUT2D eigenvalue weighted by Gasteiger charge is -2.35. The molecule has 0 saturated carbocycles. The second kappa shape index (κ2) is 7.20. The Hall–Kier alpha value is -2.99. The highest BCUT2D eigenvalue weighted by molar-refractivity contribution is 5.61. The maximum Gasteiger partial charge on any atom is 0.163 e. The first-order chi connectivity index (χ1) is 13.8. The van der Waals surface area contributed by atoms with E-state index in [2.05, 4.69) is 9.88 Å². The summed E-state index contributed by atoms with van der Waals surface area (Å²) in [7, 11) is 0. The summed E-state index contributed by atoms with van der Waals surface area (Å²) in [5.74, 6) is 2.03. The Morgan fingerprint density at radius 2 is 2.07 bits per heavy atom. The summed E-state index contributed by atoms with van der Waals surface area (Å²) in [6, 6.07) is 11.2. The highest BCUT2D eigenvalue weighted by atomic mass is 16.5. The van der Waals surface area contributed by atoms with Gasteiger partial charge in [0.1, 0.15) is 17.7 Å². The van der Waals surface area contributed by atoms with Crippen molar-refractivity contribution in [3.05, 3.63) is 65.6 Å². The normalized spacial score (nSPS) is 18.9. The molecule has 0 amide bonds. The van der Waals surface area contributed by atoms with E-state index in [0.717, 1.165) is 54.3 Å². The maximum absolute atomic E-state index is 9.82. The molecular formula is C22H22N4O2. The van der Waals surface area contributed by atoms with Crippen molar-refractivity contribution >= 4 is 5.82 Å². The van der Waals surface area contributed by atoms with E-state index in [-0.39, 0.29) is 11.9 Å². The van der Waals surface area contributed by atoms with E-state index in [1.165, 1.54) is 5.56 Å². The van der Waals surface area contributed by atoms with Crippen LogP contribution in [0.2, 0.25) is 0 Å². The van der Waals surface area contributed by atoms with Crippen molar-refractivity contribution in [2.45, 2.75) is 25.4 Å². The number of hydrogen-bond donors (Lipinski definition) is 1. The Labute approximate surface area is 163 Å². The molecule has 3 heterocycles. The summed E-state index contributed by atoms with van der Waals surface area (Å²) in [5, 5.41) is 9.82. The Morgan fingerprint density at radius 3 is 2.93 bits per heavy atom. The van der Waals surface area contributed by atoms with Gasteiger partial charge in [-0.05, 0) is 49.1 Å². The van der Waals surface area contributed by atoms with E-state index in [9.17, 15) is 5.11 Å². The lowest BCUT2D eigenvalue weighted by atomic mass is 10.1. The number of rotatable bonds is 3. The van der Waals surface area contributed by atoms with Gasteiger partial charge in [-0.2, -0.15) is 0 Å². The summed E-state index contributed by atoms with van der Waals surface area (Å²) in [6.07, 6.45) is 6.63. The zero-order valence-corrected chi connectivity index (χ0v) is 15.6.